The molecule has 3 heteroatoms. The summed E-state index contributed by atoms with van der Waals surface area (Å²) in [4.78, 5) is 3.69. The van der Waals surface area contributed by atoms with Gasteiger partial charge in [0, 0.05) is 0 Å². The Balaban J connectivity index is 2.42. The van der Waals surface area contributed by atoms with Crippen molar-refractivity contribution in [3.8, 4) is 6.07 Å². The molecule has 1 heterocycles. The predicted octanol–water partition coefficient (Wildman–Crippen LogP) is 1.78. The van der Waals surface area contributed by atoms with E-state index in [2.05, 4.69) is 11.1 Å². The average Bonchev–Trinajstić information content (AvgIpc) is 2.84. The predicted molar refractivity (Wildman–Crippen MR) is 40.7 cm³/mol. The van der Waals surface area contributed by atoms with Crippen LogP contribution in [-0.4, -0.2) is 4.98 Å². The third-order valence-electron chi connectivity index (χ3n) is 2.17. The van der Waals surface area contributed by atoms with Crippen molar-refractivity contribution in [2.75, 3.05) is 0 Å². The van der Waals surface area contributed by atoms with Crippen LogP contribution in [0.25, 0.3) is 0 Å². The van der Waals surface area contributed by atoms with E-state index in [0.29, 0.717) is 5.69 Å². The lowest BCUT2D eigenvalue weighted by atomic mass is 10.0. The second kappa shape index (κ2) is 2.28. The van der Waals surface area contributed by atoms with Crippen LogP contribution in [-0.2, 0) is 5.41 Å². The Bertz CT molecular complexity index is 350. The van der Waals surface area contributed by atoms with Crippen molar-refractivity contribution < 1.29 is 4.39 Å². The van der Waals surface area contributed by atoms with Crippen LogP contribution < -0.4 is 0 Å². The average molecular weight is 162 g/mol. The zero-order valence-electron chi connectivity index (χ0n) is 6.42. The van der Waals surface area contributed by atoms with E-state index in [4.69, 9.17) is 5.26 Å². The van der Waals surface area contributed by atoms with Gasteiger partial charge in [0.1, 0.15) is 0 Å². The van der Waals surface area contributed by atoms with Crippen LogP contribution in [0.1, 0.15) is 18.5 Å². The summed E-state index contributed by atoms with van der Waals surface area (Å²) in [5, 5.41) is 8.79. The van der Waals surface area contributed by atoms with Crippen molar-refractivity contribution in [2.24, 2.45) is 0 Å². The molecule has 0 saturated heterocycles. The second-order valence-corrected chi connectivity index (χ2v) is 3.04. The van der Waals surface area contributed by atoms with Gasteiger partial charge in [-0.15, -0.1) is 0 Å². The fourth-order valence-electron chi connectivity index (χ4n) is 1.23. The largest absolute Gasteiger partial charge is 0.223 e. The van der Waals surface area contributed by atoms with E-state index in [1.165, 1.54) is 6.07 Å². The van der Waals surface area contributed by atoms with Crippen molar-refractivity contribution in [2.45, 2.75) is 18.3 Å². The van der Waals surface area contributed by atoms with E-state index < -0.39 is 11.4 Å². The van der Waals surface area contributed by atoms with E-state index in [1.54, 1.807) is 12.1 Å². The fraction of sp³-hybridized carbons (Fsp3) is 0.333. The van der Waals surface area contributed by atoms with Crippen molar-refractivity contribution >= 4 is 0 Å². The van der Waals surface area contributed by atoms with E-state index in [-0.39, 0.29) is 0 Å². The number of aromatic nitrogens is 1. The lowest BCUT2D eigenvalue weighted by Crippen LogP contribution is -2.06. The van der Waals surface area contributed by atoms with Gasteiger partial charge in [-0.1, -0.05) is 6.07 Å². The molecule has 1 aliphatic rings. The molecule has 0 spiro atoms. The van der Waals surface area contributed by atoms with Gasteiger partial charge in [-0.25, -0.2) is 4.98 Å². The molecule has 1 aromatic heterocycles. The van der Waals surface area contributed by atoms with Gasteiger partial charge in [-0.05, 0) is 25.0 Å². The molecule has 0 aromatic carbocycles. The van der Waals surface area contributed by atoms with Crippen LogP contribution in [0.3, 0.4) is 0 Å². The van der Waals surface area contributed by atoms with E-state index in [0.717, 1.165) is 12.8 Å². The summed E-state index contributed by atoms with van der Waals surface area (Å²) < 4.78 is 12.6. The monoisotopic (exact) mass is 162 g/mol. The summed E-state index contributed by atoms with van der Waals surface area (Å²) in [7, 11) is 0. The third kappa shape index (κ3) is 0.964. The SMILES string of the molecule is N#CC1(c2cccc(F)n2)CC1. The van der Waals surface area contributed by atoms with Gasteiger partial charge in [0.2, 0.25) is 5.95 Å². The maximum absolute atomic E-state index is 12.6. The molecule has 2 nitrogen and oxygen atoms in total. The lowest BCUT2D eigenvalue weighted by molar-refractivity contribution is 0.572. The standard InChI is InChI=1S/C9H7FN2/c10-8-3-1-2-7(12-8)9(6-11)4-5-9/h1-3H,4-5H2. The molecular formula is C9H7FN2. The van der Waals surface area contributed by atoms with Crippen molar-refractivity contribution in [3.63, 3.8) is 0 Å². The van der Waals surface area contributed by atoms with Crippen LogP contribution in [0.5, 0.6) is 0 Å². The molecule has 1 aromatic rings. The smallest absolute Gasteiger partial charge is 0.213 e. The lowest BCUT2D eigenvalue weighted by Gasteiger charge is -2.02. The summed E-state index contributed by atoms with van der Waals surface area (Å²) >= 11 is 0. The Morgan fingerprint density at radius 2 is 2.25 bits per heavy atom. The molecule has 0 amide bonds. The minimum Gasteiger partial charge on any atom is -0.223 e. The molecule has 0 bridgehead atoms. The first-order valence-electron chi connectivity index (χ1n) is 3.81. The molecule has 0 N–H and O–H groups in total. The van der Waals surface area contributed by atoms with Crippen LogP contribution in [0.4, 0.5) is 4.39 Å². The topological polar surface area (TPSA) is 36.7 Å². The molecular weight excluding hydrogens is 155 g/mol. The summed E-state index contributed by atoms with van der Waals surface area (Å²) in [5.74, 6) is -0.506. The zero-order valence-corrected chi connectivity index (χ0v) is 6.42. The van der Waals surface area contributed by atoms with Gasteiger partial charge in [0.25, 0.3) is 0 Å². The Labute approximate surface area is 69.7 Å². The molecule has 1 saturated carbocycles. The Hall–Kier alpha value is -1.43. The van der Waals surface area contributed by atoms with Crippen molar-refractivity contribution in [1.82, 2.24) is 4.98 Å². The summed E-state index contributed by atoms with van der Waals surface area (Å²) in [6.07, 6.45) is 1.61. The van der Waals surface area contributed by atoms with Gasteiger partial charge in [0.15, 0.2) is 0 Å². The number of nitriles is 1. The molecule has 1 aliphatic carbocycles. The summed E-state index contributed by atoms with van der Waals surface area (Å²) in [6, 6.07) is 6.76. The van der Waals surface area contributed by atoms with Crippen molar-refractivity contribution in [1.29, 1.82) is 5.26 Å². The molecule has 0 atom stereocenters. The van der Waals surface area contributed by atoms with Crippen LogP contribution in [0.15, 0.2) is 18.2 Å². The van der Waals surface area contributed by atoms with Gasteiger partial charge in [0.05, 0.1) is 17.2 Å². The Morgan fingerprint density at radius 1 is 1.50 bits per heavy atom. The number of hydrogen-bond donors (Lipinski definition) is 0. The molecule has 12 heavy (non-hydrogen) atoms. The maximum Gasteiger partial charge on any atom is 0.213 e. The first-order chi connectivity index (χ1) is 5.77. The third-order valence-corrected chi connectivity index (χ3v) is 2.17. The second-order valence-electron chi connectivity index (χ2n) is 3.04. The highest BCUT2D eigenvalue weighted by Gasteiger charge is 2.46. The highest BCUT2D eigenvalue weighted by atomic mass is 19.1. The van der Waals surface area contributed by atoms with Gasteiger partial charge in [-0.3, -0.25) is 0 Å². The molecule has 2 rings (SSSR count). The van der Waals surface area contributed by atoms with Crippen LogP contribution in [0, 0.1) is 17.3 Å². The first-order valence-corrected chi connectivity index (χ1v) is 3.81. The van der Waals surface area contributed by atoms with Gasteiger partial charge in [-0.2, -0.15) is 9.65 Å². The number of rotatable bonds is 1. The minimum absolute atomic E-state index is 0.470. The van der Waals surface area contributed by atoms with Crippen LogP contribution in [0.2, 0.25) is 0 Å². The fourth-order valence-corrected chi connectivity index (χ4v) is 1.23. The zero-order chi connectivity index (χ0) is 8.60. The van der Waals surface area contributed by atoms with Crippen molar-refractivity contribution in [3.05, 3.63) is 29.8 Å². The van der Waals surface area contributed by atoms with Crippen LogP contribution >= 0.6 is 0 Å². The molecule has 60 valence electrons. The maximum atomic E-state index is 12.6. The summed E-state index contributed by atoms with van der Waals surface area (Å²) in [6.45, 7) is 0. The van der Waals surface area contributed by atoms with Gasteiger partial charge < -0.3 is 0 Å². The highest BCUT2D eigenvalue weighted by Crippen LogP contribution is 2.46. The number of halogens is 1. The summed E-state index contributed by atoms with van der Waals surface area (Å²) in [5.41, 5.74) is 0.104. The van der Waals surface area contributed by atoms with Gasteiger partial charge >= 0.3 is 0 Å². The molecule has 0 aliphatic heterocycles. The molecule has 0 radical (unpaired) electrons. The minimum atomic E-state index is -0.506. The number of nitrogens with zero attached hydrogens (tertiary/aromatic N) is 2. The normalized spacial score (nSPS) is 18.3. The Kier molecular flexibility index (Phi) is 1.37. The molecule has 0 unspecified atom stereocenters. The van der Waals surface area contributed by atoms with E-state index >= 15 is 0 Å². The number of hydrogen-bond acceptors (Lipinski definition) is 2. The Morgan fingerprint density at radius 3 is 2.75 bits per heavy atom. The quantitative estimate of drug-likeness (QED) is 0.590. The van der Waals surface area contributed by atoms with E-state index in [9.17, 15) is 4.39 Å². The highest BCUT2D eigenvalue weighted by molar-refractivity contribution is 5.33. The first kappa shape index (κ1) is 7.23. The number of pyridine rings is 1. The van der Waals surface area contributed by atoms with E-state index in [1.807, 2.05) is 0 Å². The molecule has 1 fully saturated rings.